The van der Waals surface area contributed by atoms with Gasteiger partial charge in [-0.25, -0.2) is 14.4 Å². The third-order valence-corrected chi connectivity index (χ3v) is 6.63. The summed E-state index contributed by atoms with van der Waals surface area (Å²) < 4.78 is 20.5. The third kappa shape index (κ3) is 4.68. The second-order valence-electron chi connectivity index (χ2n) is 9.25. The van der Waals surface area contributed by atoms with Crippen molar-refractivity contribution in [2.75, 3.05) is 39.2 Å². The standard InChI is InChI=1S/C28H30FN5O/c1-33(2)15-12-21-9-7-14-34(21)28-23-16-20(22-10-4-5-11-24(22)29)17-25(35-3)26(23)31-27(32-28)19-8-6-13-30-18-19/h4-6,8,10-11,13,16-18,21H,7,9,12,14-15H2,1-3H3. The lowest BCUT2D eigenvalue weighted by Gasteiger charge is -2.28. The first kappa shape index (κ1) is 23.2. The number of methoxy groups -OCH3 is 1. The van der Waals surface area contributed by atoms with E-state index < -0.39 is 0 Å². The summed E-state index contributed by atoms with van der Waals surface area (Å²) >= 11 is 0. The van der Waals surface area contributed by atoms with Gasteiger partial charge in [-0.3, -0.25) is 4.98 Å². The lowest BCUT2D eigenvalue weighted by molar-refractivity contribution is 0.380. The Balaban J connectivity index is 1.73. The monoisotopic (exact) mass is 471 g/mol. The van der Waals surface area contributed by atoms with Crippen molar-refractivity contribution in [3.05, 3.63) is 66.7 Å². The zero-order chi connectivity index (χ0) is 24.4. The molecule has 35 heavy (non-hydrogen) atoms. The summed E-state index contributed by atoms with van der Waals surface area (Å²) in [6.45, 7) is 1.92. The van der Waals surface area contributed by atoms with Crippen LogP contribution in [0.5, 0.6) is 5.75 Å². The van der Waals surface area contributed by atoms with E-state index in [1.807, 2.05) is 30.3 Å². The number of nitrogens with zero attached hydrogens (tertiary/aromatic N) is 5. The van der Waals surface area contributed by atoms with Crippen molar-refractivity contribution in [2.24, 2.45) is 0 Å². The fourth-order valence-electron chi connectivity index (χ4n) is 4.86. The molecule has 1 fully saturated rings. The molecule has 1 unspecified atom stereocenters. The Morgan fingerprint density at radius 3 is 2.69 bits per heavy atom. The van der Waals surface area contributed by atoms with Crippen LogP contribution < -0.4 is 9.64 Å². The van der Waals surface area contributed by atoms with Crippen molar-refractivity contribution in [1.82, 2.24) is 19.9 Å². The van der Waals surface area contributed by atoms with Crippen LogP contribution >= 0.6 is 0 Å². The van der Waals surface area contributed by atoms with Crippen molar-refractivity contribution in [1.29, 1.82) is 0 Å². The summed E-state index contributed by atoms with van der Waals surface area (Å²) in [5.41, 5.74) is 2.84. The van der Waals surface area contributed by atoms with E-state index in [0.29, 0.717) is 23.2 Å². The average Bonchev–Trinajstić information content (AvgIpc) is 3.35. The molecule has 2 aromatic carbocycles. The van der Waals surface area contributed by atoms with Crippen LogP contribution in [-0.2, 0) is 0 Å². The molecule has 0 N–H and O–H groups in total. The molecular weight excluding hydrogens is 441 g/mol. The first-order chi connectivity index (χ1) is 17.0. The normalized spacial score (nSPS) is 15.8. The summed E-state index contributed by atoms with van der Waals surface area (Å²) in [4.78, 5) is 18.9. The molecular formula is C28H30FN5O. The van der Waals surface area contributed by atoms with Gasteiger partial charge in [-0.05, 0) is 75.8 Å². The van der Waals surface area contributed by atoms with Gasteiger partial charge in [0.15, 0.2) is 5.82 Å². The number of benzene rings is 2. The van der Waals surface area contributed by atoms with Gasteiger partial charge in [0.1, 0.15) is 22.9 Å². The van der Waals surface area contributed by atoms with Gasteiger partial charge in [-0.1, -0.05) is 18.2 Å². The van der Waals surface area contributed by atoms with Crippen molar-refractivity contribution in [3.8, 4) is 28.3 Å². The second kappa shape index (κ2) is 9.96. The largest absolute Gasteiger partial charge is 0.494 e. The minimum Gasteiger partial charge on any atom is -0.494 e. The van der Waals surface area contributed by atoms with E-state index in [0.717, 1.165) is 60.2 Å². The predicted molar refractivity (Wildman–Crippen MR) is 138 cm³/mol. The molecule has 0 saturated carbocycles. The number of aromatic nitrogens is 3. The van der Waals surface area contributed by atoms with Gasteiger partial charge in [0.05, 0.1) is 7.11 Å². The molecule has 1 saturated heterocycles. The zero-order valence-electron chi connectivity index (χ0n) is 20.4. The first-order valence-electron chi connectivity index (χ1n) is 12.0. The Kier molecular flexibility index (Phi) is 6.59. The quantitative estimate of drug-likeness (QED) is 0.358. The minimum atomic E-state index is -0.270. The number of anilines is 1. The minimum absolute atomic E-state index is 0.270. The SMILES string of the molecule is COc1cc(-c2ccccc2F)cc2c(N3CCCC3CCN(C)C)nc(-c3cccnc3)nc12. The van der Waals surface area contributed by atoms with Gasteiger partial charge in [-0.2, -0.15) is 0 Å². The van der Waals surface area contributed by atoms with E-state index in [1.54, 1.807) is 31.6 Å². The van der Waals surface area contributed by atoms with E-state index in [-0.39, 0.29) is 5.82 Å². The molecule has 0 amide bonds. The Bertz CT molecular complexity index is 1330. The van der Waals surface area contributed by atoms with Gasteiger partial charge in [-0.15, -0.1) is 0 Å². The molecule has 4 aromatic rings. The summed E-state index contributed by atoms with van der Waals surface area (Å²) in [6, 6.07) is 14.9. The van der Waals surface area contributed by atoms with Crippen LogP contribution in [0.1, 0.15) is 19.3 Å². The maximum Gasteiger partial charge on any atom is 0.163 e. The molecule has 3 heterocycles. The highest BCUT2D eigenvalue weighted by molar-refractivity contribution is 5.98. The maximum absolute atomic E-state index is 14.7. The third-order valence-electron chi connectivity index (χ3n) is 6.63. The van der Waals surface area contributed by atoms with Crippen LogP contribution in [-0.4, -0.2) is 60.2 Å². The van der Waals surface area contributed by atoms with Crippen molar-refractivity contribution < 1.29 is 9.13 Å². The molecule has 7 heteroatoms. The fraction of sp³-hybridized carbons (Fsp3) is 0.321. The Morgan fingerprint density at radius 1 is 1.09 bits per heavy atom. The lowest BCUT2D eigenvalue weighted by Crippen LogP contribution is -2.33. The van der Waals surface area contributed by atoms with Gasteiger partial charge < -0.3 is 14.5 Å². The molecule has 5 rings (SSSR count). The fourth-order valence-corrected chi connectivity index (χ4v) is 4.86. The second-order valence-corrected chi connectivity index (χ2v) is 9.25. The number of hydrogen-bond acceptors (Lipinski definition) is 6. The van der Waals surface area contributed by atoms with E-state index in [4.69, 9.17) is 14.7 Å². The van der Waals surface area contributed by atoms with Crippen molar-refractivity contribution in [3.63, 3.8) is 0 Å². The van der Waals surface area contributed by atoms with Gasteiger partial charge in [0, 0.05) is 41.5 Å². The van der Waals surface area contributed by atoms with E-state index in [1.165, 1.54) is 6.07 Å². The van der Waals surface area contributed by atoms with Gasteiger partial charge in [0.25, 0.3) is 0 Å². The number of hydrogen-bond donors (Lipinski definition) is 0. The molecule has 0 spiro atoms. The lowest BCUT2D eigenvalue weighted by atomic mass is 10.0. The summed E-state index contributed by atoms with van der Waals surface area (Å²) in [6.07, 6.45) is 6.79. The van der Waals surface area contributed by atoms with Crippen LogP contribution in [0.25, 0.3) is 33.4 Å². The van der Waals surface area contributed by atoms with Crippen molar-refractivity contribution in [2.45, 2.75) is 25.3 Å². The number of fused-ring (bicyclic) bond motifs is 1. The number of rotatable bonds is 7. The number of halogens is 1. The molecule has 0 aliphatic carbocycles. The Labute approximate surface area is 205 Å². The molecule has 2 aromatic heterocycles. The Hall–Kier alpha value is -3.58. The highest BCUT2D eigenvalue weighted by Crippen LogP contribution is 2.39. The zero-order valence-corrected chi connectivity index (χ0v) is 20.4. The van der Waals surface area contributed by atoms with E-state index >= 15 is 0 Å². The molecule has 6 nitrogen and oxygen atoms in total. The maximum atomic E-state index is 14.7. The van der Waals surface area contributed by atoms with Crippen LogP contribution in [0.15, 0.2) is 60.9 Å². The summed E-state index contributed by atoms with van der Waals surface area (Å²) in [7, 11) is 5.83. The number of pyridine rings is 1. The number of ether oxygens (including phenoxy) is 1. The van der Waals surface area contributed by atoms with E-state index in [2.05, 4.69) is 28.9 Å². The predicted octanol–water partition coefficient (Wildman–Crippen LogP) is 5.43. The topological polar surface area (TPSA) is 54.4 Å². The van der Waals surface area contributed by atoms with Crippen LogP contribution in [0.4, 0.5) is 10.2 Å². The summed E-state index contributed by atoms with van der Waals surface area (Å²) in [5, 5.41) is 0.868. The molecule has 1 atom stereocenters. The van der Waals surface area contributed by atoms with Crippen LogP contribution in [0, 0.1) is 5.82 Å². The molecule has 0 radical (unpaired) electrons. The van der Waals surface area contributed by atoms with Crippen LogP contribution in [0.3, 0.4) is 0 Å². The van der Waals surface area contributed by atoms with Gasteiger partial charge in [0.2, 0.25) is 0 Å². The highest BCUT2D eigenvalue weighted by Gasteiger charge is 2.29. The Morgan fingerprint density at radius 2 is 1.94 bits per heavy atom. The smallest absolute Gasteiger partial charge is 0.163 e. The summed E-state index contributed by atoms with van der Waals surface area (Å²) in [5.74, 6) is 1.80. The molecule has 180 valence electrons. The van der Waals surface area contributed by atoms with Crippen molar-refractivity contribution >= 4 is 16.7 Å². The average molecular weight is 472 g/mol. The first-order valence-corrected chi connectivity index (χ1v) is 12.0. The highest BCUT2D eigenvalue weighted by atomic mass is 19.1. The van der Waals surface area contributed by atoms with E-state index in [9.17, 15) is 4.39 Å². The van der Waals surface area contributed by atoms with Crippen LogP contribution in [0.2, 0.25) is 0 Å². The molecule has 1 aliphatic rings. The molecule has 0 bridgehead atoms. The molecule has 1 aliphatic heterocycles. The van der Waals surface area contributed by atoms with Gasteiger partial charge >= 0.3 is 0 Å².